The van der Waals surface area contributed by atoms with E-state index in [1.54, 1.807) is 6.26 Å². The Balaban J connectivity index is 2.11. The van der Waals surface area contributed by atoms with Crippen molar-refractivity contribution >= 4 is 0 Å². The molecule has 0 amide bonds. The first kappa shape index (κ1) is 9.90. The molecule has 0 unspecified atom stereocenters. The predicted octanol–water partition coefficient (Wildman–Crippen LogP) is 2.05. The van der Waals surface area contributed by atoms with Gasteiger partial charge in [0.25, 0.3) is 0 Å². The number of ether oxygens (including phenoxy) is 1. The van der Waals surface area contributed by atoms with Crippen LogP contribution in [0.2, 0.25) is 0 Å². The van der Waals surface area contributed by atoms with Crippen molar-refractivity contribution in [1.29, 1.82) is 0 Å². The lowest BCUT2D eigenvalue weighted by atomic mass is 9.61. The van der Waals surface area contributed by atoms with Gasteiger partial charge in [-0.2, -0.15) is 0 Å². The van der Waals surface area contributed by atoms with E-state index in [-0.39, 0.29) is 12.8 Å². The summed E-state index contributed by atoms with van der Waals surface area (Å²) in [6, 6.07) is 0. The third-order valence-electron chi connectivity index (χ3n) is 3.20. The van der Waals surface area contributed by atoms with Crippen LogP contribution < -0.4 is 5.73 Å². The largest absolute Gasteiger partial charge is 0.501 e. The molecule has 14 heavy (non-hydrogen) atoms. The predicted molar refractivity (Wildman–Crippen MR) is 48.9 cm³/mol. The molecule has 0 bridgehead atoms. The van der Waals surface area contributed by atoms with Gasteiger partial charge in [-0.25, -0.2) is 8.78 Å². The molecule has 2 aliphatic rings. The fourth-order valence-corrected chi connectivity index (χ4v) is 2.40. The minimum Gasteiger partial charge on any atom is -0.501 e. The second-order valence-corrected chi connectivity index (χ2v) is 4.31. The van der Waals surface area contributed by atoms with Crippen molar-refractivity contribution in [2.75, 3.05) is 13.2 Å². The highest BCUT2D eigenvalue weighted by Crippen LogP contribution is 2.56. The molecule has 0 spiro atoms. The highest BCUT2D eigenvalue weighted by Gasteiger charge is 2.57. The Bertz CT molecular complexity index is 255. The van der Waals surface area contributed by atoms with Gasteiger partial charge in [-0.3, -0.25) is 0 Å². The van der Waals surface area contributed by atoms with Crippen molar-refractivity contribution in [1.82, 2.24) is 0 Å². The highest BCUT2D eigenvalue weighted by molar-refractivity contribution is 5.22. The van der Waals surface area contributed by atoms with Gasteiger partial charge in [0.1, 0.15) is 0 Å². The molecule has 0 atom stereocenters. The molecule has 0 aromatic rings. The SMILES string of the molecule is NCC1(C2=COCCC2)CC(F)(F)C1. The molecule has 0 radical (unpaired) electrons. The van der Waals surface area contributed by atoms with Gasteiger partial charge in [-0.05, 0) is 18.4 Å². The Morgan fingerprint density at radius 3 is 2.57 bits per heavy atom. The van der Waals surface area contributed by atoms with Crippen LogP contribution in [0.15, 0.2) is 11.8 Å². The lowest BCUT2D eigenvalue weighted by molar-refractivity contribution is -0.144. The van der Waals surface area contributed by atoms with Crippen LogP contribution in [0, 0.1) is 5.41 Å². The van der Waals surface area contributed by atoms with Crippen LogP contribution in [-0.2, 0) is 4.74 Å². The van der Waals surface area contributed by atoms with E-state index >= 15 is 0 Å². The molecule has 2 nitrogen and oxygen atoms in total. The summed E-state index contributed by atoms with van der Waals surface area (Å²) in [5, 5.41) is 0. The Labute approximate surface area is 82.1 Å². The molecule has 1 aliphatic heterocycles. The van der Waals surface area contributed by atoms with Crippen molar-refractivity contribution in [3.63, 3.8) is 0 Å². The Morgan fingerprint density at radius 2 is 2.14 bits per heavy atom. The first-order valence-corrected chi connectivity index (χ1v) is 4.97. The van der Waals surface area contributed by atoms with E-state index in [1.165, 1.54) is 0 Å². The molecule has 4 heteroatoms. The summed E-state index contributed by atoms with van der Waals surface area (Å²) in [6.07, 6.45) is 3.20. The Hall–Kier alpha value is -0.640. The zero-order valence-electron chi connectivity index (χ0n) is 8.06. The molecule has 0 saturated heterocycles. The molecular formula is C10H15F2NO. The van der Waals surface area contributed by atoms with Crippen LogP contribution in [0.4, 0.5) is 8.78 Å². The molecule has 1 fully saturated rings. The van der Waals surface area contributed by atoms with E-state index in [0.29, 0.717) is 13.2 Å². The normalized spacial score (nSPS) is 28.6. The fraction of sp³-hybridized carbons (Fsp3) is 0.800. The van der Waals surface area contributed by atoms with E-state index in [1.807, 2.05) is 0 Å². The van der Waals surface area contributed by atoms with Crippen molar-refractivity contribution < 1.29 is 13.5 Å². The second kappa shape index (κ2) is 3.19. The lowest BCUT2D eigenvalue weighted by Gasteiger charge is -2.48. The molecule has 1 heterocycles. The van der Waals surface area contributed by atoms with E-state index < -0.39 is 11.3 Å². The summed E-state index contributed by atoms with van der Waals surface area (Å²) in [7, 11) is 0. The van der Waals surface area contributed by atoms with Gasteiger partial charge in [-0.1, -0.05) is 0 Å². The summed E-state index contributed by atoms with van der Waals surface area (Å²) >= 11 is 0. The van der Waals surface area contributed by atoms with Gasteiger partial charge >= 0.3 is 0 Å². The zero-order valence-corrected chi connectivity index (χ0v) is 8.06. The number of alkyl halides is 2. The lowest BCUT2D eigenvalue weighted by Crippen LogP contribution is -2.51. The van der Waals surface area contributed by atoms with Crippen LogP contribution in [-0.4, -0.2) is 19.1 Å². The fourth-order valence-electron chi connectivity index (χ4n) is 2.40. The maximum atomic E-state index is 12.9. The van der Waals surface area contributed by atoms with Gasteiger partial charge in [0, 0.05) is 24.8 Å². The summed E-state index contributed by atoms with van der Waals surface area (Å²) in [6.45, 7) is 0.998. The first-order valence-electron chi connectivity index (χ1n) is 4.97. The molecule has 2 N–H and O–H groups in total. The van der Waals surface area contributed by atoms with Crippen LogP contribution in [0.3, 0.4) is 0 Å². The Kier molecular flexibility index (Phi) is 2.26. The van der Waals surface area contributed by atoms with E-state index in [2.05, 4.69) is 0 Å². The molecule has 2 rings (SSSR count). The van der Waals surface area contributed by atoms with Crippen molar-refractivity contribution in [3.05, 3.63) is 11.8 Å². The van der Waals surface area contributed by atoms with Gasteiger partial charge < -0.3 is 10.5 Å². The van der Waals surface area contributed by atoms with Gasteiger partial charge in [-0.15, -0.1) is 0 Å². The standard InChI is InChI=1S/C10H15F2NO/c11-10(12)5-9(6-10,7-13)8-2-1-3-14-4-8/h4H,1-3,5-7,13H2. The third-order valence-corrected chi connectivity index (χ3v) is 3.20. The third kappa shape index (κ3) is 1.52. The summed E-state index contributed by atoms with van der Waals surface area (Å²) in [5.74, 6) is -2.52. The number of hydrogen-bond acceptors (Lipinski definition) is 2. The van der Waals surface area contributed by atoms with Crippen LogP contribution in [0.1, 0.15) is 25.7 Å². The molecule has 1 aliphatic carbocycles. The second-order valence-electron chi connectivity index (χ2n) is 4.31. The van der Waals surface area contributed by atoms with Crippen LogP contribution in [0.5, 0.6) is 0 Å². The van der Waals surface area contributed by atoms with Gasteiger partial charge in [0.2, 0.25) is 5.92 Å². The quantitative estimate of drug-likeness (QED) is 0.745. The average Bonchev–Trinajstić information content (AvgIpc) is 2.15. The van der Waals surface area contributed by atoms with Crippen molar-refractivity contribution in [2.24, 2.45) is 11.1 Å². The zero-order chi connectivity index (χ0) is 10.2. The van der Waals surface area contributed by atoms with Crippen molar-refractivity contribution in [2.45, 2.75) is 31.6 Å². The molecule has 0 aromatic carbocycles. The minimum atomic E-state index is -2.52. The van der Waals surface area contributed by atoms with E-state index in [4.69, 9.17) is 10.5 Å². The molecular weight excluding hydrogens is 188 g/mol. The van der Waals surface area contributed by atoms with Crippen molar-refractivity contribution in [3.8, 4) is 0 Å². The van der Waals surface area contributed by atoms with Gasteiger partial charge in [0.15, 0.2) is 0 Å². The molecule has 80 valence electrons. The summed E-state index contributed by atoms with van der Waals surface area (Å²) in [4.78, 5) is 0. The van der Waals surface area contributed by atoms with Gasteiger partial charge in [0.05, 0.1) is 12.9 Å². The number of halogens is 2. The van der Waals surface area contributed by atoms with E-state index in [9.17, 15) is 8.78 Å². The maximum Gasteiger partial charge on any atom is 0.249 e. The van der Waals surface area contributed by atoms with E-state index in [0.717, 1.165) is 18.4 Å². The number of rotatable bonds is 2. The minimum absolute atomic E-state index is 0.105. The maximum absolute atomic E-state index is 12.9. The van der Waals surface area contributed by atoms with Crippen LogP contribution in [0.25, 0.3) is 0 Å². The Morgan fingerprint density at radius 1 is 1.43 bits per heavy atom. The molecule has 1 saturated carbocycles. The summed E-state index contributed by atoms with van der Waals surface area (Å²) < 4.78 is 30.9. The monoisotopic (exact) mass is 203 g/mol. The summed E-state index contributed by atoms with van der Waals surface area (Å²) in [5.41, 5.74) is 6.11. The first-order chi connectivity index (χ1) is 6.58. The average molecular weight is 203 g/mol. The number of nitrogens with two attached hydrogens (primary N) is 1. The van der Waals surface area contributed by atoms with Crippen LogP contribution >= 0.6 is 0 Å². The topological polar surface area (TPSA) is 35.2 Å². The smallest absolute Gasteiger partial charge is 0.249 e. The number of hydrogen-bond donors (Lipinski definition) is 1. The molecule has 0 aromatic heterocycles. The highest BCUT2D eigenvalue weighted by atomic mass is 19.3.